The van der Waals surface area contributed by atoms with Crippen LogP contribution in [-0.4, -0.2) is 27.4 Å². The molecule has 2 N–H and O–H groups in total. The number of amides is 1. The minimum Gasteiger partial charge on any atom is -0.480 e. The number of carbonyl (C=O) groups is 2. The molecule has 0 bridgehead atoms. The van der Waals surface area contributed by atoms with Crippen molar-refractivity contribution < 1.29 is 14.7 Å². The first-order chi connectivity index (χ1) is 6.92. The molecule has 1 amide bonds. The molecule has 6 heteroatoms. The van der Waals surface area contributed by atoms with Crippen molar-refractivity contribution in [2.75, 3.05) is 0 Å². The van der Waals surface area contributed by atoms with E-state index in [9.17, 15) is 9.59 Å². The second-order valence-electron chi connectivity index (χ2n) is 4.18. The molecule has 2 saturated carbocycles. The van der Waals surface area contributed by atoms with E-state index in [0.717, 1.165) is 12.8 Å². The zero-order valence-electron chi connectivity index (χ0n) is 7.87. The Hall–Kier alpha value is -0.480. The molecule has 2 aliphatic rings. The van der Waals surface area contributed by atoms with E-state index < -0.39 is 22.3 Å². The van der Waals surface area contributed by atoms with Crippen LogP contribution in [0, 0.1) is 11.8 Å². The second-order valence-corrected chi connectivity index (χ2v) is 5.72. The van der Waals surface area contributed by atoms with Crippen molar-refractivity contribution in [3.8, 4) is 0 Å². The maximum Gasteiger partial charge on any atom is 0.326 e. The van der Waals surface area contributed by atoms with Crippen LogP contribution >= 0.6 is 23.2 Å². The third kappa shape index (κ3) is 2.37. The summed E-state index contributed by atoms with van der Waals surface area (Å²) in [5.74, 6) is -1.72. The lowest BCUT2D eigenvalue weighted by atomic mass is 10.2. The summed E-state index contributed by atoms with van der Waals surface area (Å²) in [6, 6.07) is -0.776. The molecule has 0 heterocycles. The molecule has 0 radical (unpaired) electrons. The number of carboxylic acid groups (broad SMARTS) is 1. The van der Waals surface area contributed by atoms with Crippen LogP contribution in [-0.2, 0) is 9.59 Å². The lowest BCUT2D eigenvalue weighted by molar-refractivity contribution is -0.142. The monoisotopic (exact) mass is 251 g/mol. The van der Waals surface area contributed by atoms with Gasteiger partial charge in [0.25, 0.3) is 0 Å². The van der Waals surface area contributed by atoms with Crippen LogP contribution in [0.5, 0.6) is 0 Å². The molecule has 0 aromatic rings. The predicted molar refractivity (Wildman–Crippen MR) is 54.8 cm³/mol. The molecule has 2 fully saturated rings. The Morgan fingerprint density at radius 1 is 1.40 bits per heavy atom. The van der Waals surface area contributed by atoms with Gasteiger partial charge in [0, 0.05) is 0 Å². The van der Waals surface area contributed by atoms with Gasteiger partial charge in [-0.15, -0.1) is 23.2 Å². The number of carbonyl (C=O) groups excluding carboxylic acids is 1. The van der Waals surface area contributed by atoms with Crippen molar-refractivity contribution in [1.82, 2.24) is 5.32 Å². The maximum atomic E-state index is 11.5. The fourth-order valence-corrected chi connectivity index (χ4v) is 2.07. The summed E-state index contributed by atoms with van der Waals surface area (Å²) in [5.41, 5.74) is 0. The average Bonchev–Trinajstić information content (AvgIpc) is 2.97. The van der Waals surface area contributed by atoms with Gasteiger partial charge in [-0.3, -0.25) is 4.79 Å². The predicted octanol–water partition coefficient (Wildman–Crippen LogP) is 1.16. The minimum absolute atomic E-state index is 0.0743. The van der Waals surface area contributed by atoms with Gasteiger partial charge in [0.05, 0.1) is 5.92 Å². The zero-order chi connectivity index (χ0) is 11.2. The van der Waals surface area contributed by atoms with Gasteiger partial charge in [0.15, 0.2) is 0 Å². The average molecular weight is 252 g/mol. The number of nitrogens with one attached hydrogen (secondary N) is 1. The van der Waals surface area contributed by atoms with Crippen LogP contribution in [0.2, 0.25) is 0 Å². The highest BCUT2D eigenvalue weighted by Gasteiger charge is 2.57. The standard InChI is InChI=1S/C9H11Cl2NO3/c10-9(11)3-5(9)7(13)12-6(8(14)15)4-1-2-4/h4-6H,1-3H2,(H,12,13)(H,14,15). The van der Waals surface area contributed by atoms with Gasteiger partial charge in [-0.2, -0.15) is 0 Å². The lowest BCUT2D eigenvalue weighted by Gasteiger charge is -2.13. The van der Waals surface area contributed by atoms with Gasteiger partial charge in [-0.1, -0.05) is 0 Å². The molecule has 0 aromatic carbocycles. The number of hydrogen-bond acceptors (Lipinski definition) is 2. The molecular weight excluding hydrogens is 241 g/mol. The quantitative estimate of drug-likeness (QED) is 0.738. The number of carboxylic acids is 1. The summed E-state index contributed by atoms with van der Waals surface area (Å²) < 4.78 is -0.989. The Balaban J connectivity index is 1.90. The van der Waals surface area contributed by atoms with Crippen LogP contribution in [0.15, 0.2) is 0 Å². The highest BCUT2D eigenvalue weighted by atomic mass is 35.5. The summed E-state index contributed by atoms with van der Waals surface area (Å²) in [4.78, 5) is 22.4. The molecular formula is C9H11Cl2NO3. The van der Waals surface area contributed by atoms with Gasteiger partial charge >= 0.3 is 5.97 Å². The maximum absolute atomic E-state index is 11.5. The van der Waals surface area contributed by atoms with Gasteiger partial charge in [0.2, 0.25) is 5.91 Å². The molecule has 0 spiro atoms. The smallest absolute Gasteiger partial charge is 0.326 e. The van der Waals surface area contributed by atoms with Crippen molar-refractivity contribution in [3.05, 3.63) is 0 Å². The van der Waals surface area contributed by atoms with Crippen LogP contribution in [0.25, 0.3) is 0 Å². The van der Waals surface area contributed by atoms with Crippen LogP contribution in [0.4, 0.5) is 0 Å². The molecule has 4 nitrogen and oxygen atoms in total. The fraction of sp³-hybridized carbons (Fsp3) is 0.778. The van der Waals surface area contributed by atoms with Crippen molar-refractivity contribution in [3.63, 3.8) is 0 Å². The lowest BCUT2D eigenvalue weighted by Crippen LogP contribution is -2.43. The van der Waals surface area contributed by atoms with Crippen molar-refractivity contribution >= 4 is 35.1 Å². The Morgan fingerprint density at radius 3 is 2.27 bits per heavy atom. The van der Waals surface area contributed by atoms with Gasteiger partial charge in [-0.25, -0.2) is 4.79 Å². The van der Waals surface area contributed by atoms with Gasteiger partial charge in [-0.05, 0) is 25.2 Å². The molecule has 0 aromatic heterocycles. The number of alkyl halides is 2. The molecule has 2 rings (SSSR count). The van der Waals surface area contributed by atoms with Gasteiger partial charge in [0.1, 0.15) is 10.4 Å². The van der Waals surface area contributed by atoms with Crippen molar-refractivity contribution in [1.29, 1.82) is 0 Å². The molecule has 2 aliphatic carbocycles. The Morgan fingerprint density at radius 2 is 1.93 bits per heavy atom. The third-order valence-electron chi connectivity index (χ3n) is 2.80. The highest BCUT2D eigenvalue weighted by molar-refractivity contribution is 6.52. The molecule has 84 valence electrons. The van der Waals surface area contributed by atoms with Crippen molar-refractivity contribution in [2.45, 2.75) is 29.6 Å². The Bertz CT molecular complexity index is 314. The first-order valence-corrected chi connectivity index (χ1v) is 5.58. The SMILES string of the molecule is O=C(O)C(NC(=O)C1CC1(Cl)Cl)C1CC1. The van der Waals surface area contributed by atoms with Crippen LogP contribution < -0.4 is 5.32 Å². The normalized spacial score (nSPS) is 29.3. The third-order valence-corrected chi connectivity index (χ3v) is 3.64. The number of hydrogen-bond donors (Lipinski definition) is 2. The highest BCUT2D eigenvalue weighted by Crippen LogP contribution is 2.53. The molecule has 0 saturated heterocycles. The Kier molecular flexibility index (Phi) is 2.59. The molecule has 2 atom stereocenters. The molecule has 2 unspecified atom stereocenters. The van der Waals surface area contributed by atoms with E-state index in [4.69, 9.17) is 28.3 Å². The largest absolute Gasteiger partial charge is 0.480 e. The van der Waals surface area contributed by atoms with E-state index in [1.165, 1.54) is 0 Å². The van der Waals surface area contributed by atoms with E-state index >= 15 is 0 Å². The number of halogens is 2. The second kappa shape index (κ2) is 3.52. The van der Waals surface area contributed by atoms with Gasteiger partial charge < -0.3 is 10.4 Å². The van der Waals surface area contributed by atoms with Crippen LogP contribution in [0.1, 0.15) is 19.3 Å². The molecule has 15 heavy (non-hydrogen) atoms. The summed E-state index contributed by atoms with van der Waals surface area (Å²) >= 11 is 11.4. The number of rotatable bonds is 4. The first-order valence-electron chi connectivity index (χ1n) is 4.83. The Labute approximate surface area is 96.9 Å². The summed E-state index contributed by atoms with van der Waals surface area (Å²) in [6.45, 7) is 0. The summed E-state index contributed by atoms with van der Waals surface area (Å²) in [7, 11) is 0. The van der Waals surface area contributed by atoms with Crippen LogP contribution in [0.3, 0.4) is 0 Å². The minimum atomic E-state index is -0.989. The molecule has 0 aliphatic heterocycles. The summed E-state index contributed by atoms with van der Waals surface area (Å²) in [6.07, 6.45) is 2.11. The van der Waals surface area contributed by atoms with E-state index in [-0.39, 0.29) is 11.8 Å². The zero-order valence-corrected chi connectivity index (χ0v) is 9.38. The van der Waals surface area contributed by atoms with E-state index in [1.807, 2.05) is 0 Å². The van der Waals surface area contributed by atoms with E-state index in [1.54, 1.807) is 0 Å². The van der Waals surface area contributed by atoms with E-state index in [2.05, 4.69) is 5.32 Å². The van der Waals surface area contributed by atoms with Crippen molar-refractivity contribution in [2.24, 2.45) is 11.8 Å². The first kappa shape index (κ1) is 11.0. The topological polar surface area (TPSA) is 66.4 Å². The number of aliphatic carboxylic acids is 1. The fourth-order valence-electron chi connectivity index (χ4n) is 1.56. The van der Waals surface area contributed by atoms with E-state index in [0.29, 0.717) is 6.42 Å². The summed E-state index contributed by atoms with van der Waals surface area (Å²) in [5, 5.41) is 11.4.